The lowest BCUT2D eigenvalue weighted by atomic mass is 9.87. The van der Waals surface area contributed by atoms with E-state index in [9.17, 15) is 4.79 Å². The zero-order valence-corrected chi connectivity index (χ0v) is 16.2. The number of aromatic nitrogens is 2. The average Bonchev–Trinajstić information content (AvgIpc) is 3.26. The first-order valence-corrected chi connectivity index (χ1v) is 9.54. The maximum absolute atomic E-state index is 10.8. The molecule has 4 aromatic rings. The van der Waals surface area contributed by atoms with Crippen molar-refractivity contribution in [2.24, 2.45) is 0 Å². The molecule has 2 N–H and O–H groups in total. The number of carbonyl (C=O) groups is 1. The van der Waals surface area contributed by atoms with Gasteiger partial charge in [-0.2, -0.15) is 5.10 Å². The van der Waals surface area contributed by atoms with E-state index in [-0.39, 0.29) is 6.42 Å². The second-order valence-electron chi connectivity index (χ2n) is 6.86. The highest BCUT2D eigenvalue weighted by atomic mass is 16.4. The maximum atomic E-state index is 10.8. The van der Waals surface area contributed by atoms with E-state index in [4.69, 9.17) is 9.22 Å². The molecule has 30 heavy (non-hydrogen) atoms. The SMILES string of the molecule is [2H]C([2H])([2H])C/C(=C(/c1ccc(/C=C/C(=O)O)cc1)c1ccc2[nH]ncc2c1)c1ccccc1. The van der Waals surface area contributed by atoms with Crippen LogP contribution in [-0.4, -0.2) is 21.3 Å². The number of aromatic amines is 1. The van der Waals surface area contributed by atoms with E-state index >= 15 is 0 Å². The van der Waals surface area contributed by atoms with Gasteiger partial charge < -0.3 is 5.11 Å². The van der Waals surface area contributed by atoms with Crippen LogP contribution in [0.2, 0.25) is 0 Å². The first-order chi connectivity index (χ1) is 15.8. The topological polar surface area (TPSA) is 66.0 Å². The Bertz CT molecular complexity index is 1340. The Balaban J connectivity index is 1.95. The lowest BCUT2D eigenvalue weighted by molar-refractivity contribution is -0.131. The first kappa shape index (κ1) is 15.9. The van der Waals surface area contributed by atoms with Crippen molar-refractivity contribution in [2.45, 2.75) is 13.3 Å². The smallest absolute Gasteiger partial charge is 0.328 e. The van der Waals surface area contributed by atoms with Gasteiger partial charge >= 0.3 is 5.97 Å². The van der Waals surface area contributed by atoms with Crippen LogP contribution < -0.4 is 0 Å². The van der Waals surface area contributed by atoms with Gasteiger partial charge in [-0.05, 0) is 58.0 Å². The first-order valence-electron chi connectivity index (χ1n) is 11.0. The fraction of sp³-hybridized carbons (Fsp3) is 0.0769. The quantitative estimate of drug-likeness (QED) is 0.308. The third-order valence-corrected chi connectivity index (χ3v) is 4.95. The molecule has 0 atom stereocenters. The fourth-order valence-electron chi connectivity index (χ4n) is 3.52. The van der Waals surface area contributed by atoms with Crippen LogP contribution in [0.15, 0.2) is 85.1 Å². The van der Waals surface area contributed by atoms with Gasteiger partial charge in [0.15, 0.2) is 0 Å². The minimum Gasteiger partial charge on any atom is -0.478 e. The normalized spacial score (nSPS) is 14.2. The zero-order chi connectivity index (χ0) is 23.4. The number of carboxylic acids is 1. The lowest BCUT2D eigenvalue weighted by Crippen LogP contribution is -1.95. The summed E-state index contributed by atoms with van der Waals surface area (Å²) in [5.41, 5.74) is 5.72. The predicted molar refractivity (Wildman–Crippen MR) is 122 cm³/mol. The fourth-order valence-corrected chi connectivity index (χ4v) is 3.52. The molecule has 0 spiro atoms. The number of H-pyrrole nitrogens is 1. The molecule has 148 valence electrons. The van der Waals surface area contributed by atoms with Crippen molar-refractivity contribution in [1.82, 2.24) is 10.2 Å². The summed E-state index contributed by atoms with van der Waals surface area (Å²) in [5.74, 6) is -1.02. The van der Waals surface area contributed by atoms with Crippen molar-refractivity contribution in [3.63, 3.8) is 0 Å². The molecule has 0 bridgehead atoms. The molecule has 0 saturated carbocycles. The van der Waals surface area contributed by atoms with E-state index in [0.29, 0.717) is 5.57 Å². The molecule has 4 nitrogen and oxygen atoms in total. The van der Waals surface area contributed by atoms with Gasteiger partial charge in [0.05, 0.1) is 11.7 Å². The van der Waals surface area contributed by atoms with Gasteiger partial charge in [-0.15, -0.1) is 0 Å². The minimum atomic E-state index is -2.17. The van der Waals surface area contributed by atoms with Gasteiger partial charge in [-0.25, -0.2) is 4.79 Å². The standard InChI is InChI=1S/C26H22N2O2/c1-2-23(19-6-4-3-5-7-19)26(21-13-14-24-22(16-21)17-27-28-24)20-11-8-18(9-12-20)10-15-25(29)30/h3-17H,2H2,1H3,(H,27,28)(H,29,30)/b15-10+,26-23+/i1D3. The molecular weight excluding hydrogens is 372 g/mol. The van der Waals surface area contributed by atoms with Crippen molar-refractivity contribution >= 4 is 34.1 Å². The predicted octanol–water partition coefficient (Wildman–Crippen LogP) is 6.03. The number of hydrogen-bond donors (Lipinski definition) is 2. The minimum absolute atomic E-state index is 0.101. The van der Waals surface area contributed by atoms with Crippen molar-refractivity contribution in [3.05, 3.63) is 107 Å². The van der Waals surface area contributed by atoms with E-state index in [1.165, 1.54) is 6.08 Å². The van der Waals surface area contributed by atoms with Gasteiger partial charge in [-0.3, -0.25) is 5.10 Å². The number of fused-ring (bicyclic) bond motifs is 1. The van der Waals surface area contributed by atoms with Gasteiger partial charge in [0.1, 0.15) is 0 Å². The molecular formula is C26H22N2O2. The number of aliphatic carboxylic acids is 1. The summed E-state index contributed by atoms with van der Waals surface area (Å²) in [6.07, 6.45) is 4.24. The molecule has 3 aromatic carbocycles. The third kappa shape index (κ3) is 4.08. The largest absolute Gasteiger partial charge is 0.478 e. The number of nitrogens with one attached hydrogen (secondary N) is 1. The second kappa shape index (κ2) is 8.62. The zero-order valence-electron chi connectivity index (χ0n) is 19.2. The van der Waals surface area contributed by atoms with Crippen LogP contribution >= 0.6 is 0 Å². The summed E-state index contributed by atoms with van der Waals surface area (Å²) in [6, 6.07) is 22.8. The molecule has 0 aliphatic rings. The molecule has 4 rings (SSSR count). The summed E-state index contributed by atoms with van der Waals surface area (Å²) < 4.78 is 24.0. The second-order valence-corrected chi connectivity index (χ2v) is 6.86. The lowest BCUT2D eigenvalue weighted by Gasteiger charge is -2.16. The van der Waals surface area contributed by atoms with Crippen molar-refractivity contribution in [1.29, 1.82) is 0 Å². The monoisotopic (exact) mass is 397 g/mol. The highest BCUT2D eigenvalue weighted by Gasteiger charge is 2.14. The van der Waals surface area contributed by atoms with Gasteiger partial charge in [0.25, 0.3) is 0 Å². The van der Waals surface area contributed by atoms with Crippen LogP contribution in [0, 0.1) is 0 Å². The molecule has 0 aliphatic carbocycles. The Labute approximate surface area is 179 Å². The van der Waals surface area contributed by atoms with Crippen molar-refractivity contribution < 1.29 is 14.0 Å². The van der Waals surface area contributed by atoms with Gasteiger partial charge in [-0.1, -0.05) is 67.5 Å². The van der Waals surface area contributed by atoms with Crippen LogP contribution in [0.1, 0.15) is 39.6 Å². The maximum Gasteiger partial charge on any atom is 0.328 e. The van der Waals surface area contributed by atoms with Crippen molar-refractivity contribution in [2.75, 3.05) is 0 Å². The molecule has 0 unspecified atom stereocenters. The molecule has 0 aliphatic heterocycles. The highest BCUT2D eigenvalue weighted by molar-refractivity contribution is 6.00. The van der Waals surface area contributed by atoms with Gasteiger partial charge in [0, 0.05) is 15.6 Å². The molecule has 4 heteroatoms. The Kier molecular flexibility index (Phi) is 4.58. The van der Waals surface area contributed by atoms with Crippen molar-refractivity contribution in [3.8, 4) is 0 Å². The number of carboxylic acid groups (broad SMARTS) is 1. The van der Waals surface area contributed by atoms with E-state index in [0.717, 1.165) is 44.8 Å². The Morgan fingerprint density at radius 1 is 1.03 bits per heavy atom. The van der Waals surface area contributed by atoms with Crippen LogP contribution in [0.25, 0.3) is 28.1 Å². The number of nitrogens with zero attached hydrogens (tertiary/aromatic N) is 1. The number of rotatable bonds is 6. The molecule has 1 aromatic heterocycles. The Hall–Kier alpha value is -3.92. The van der Waals surface area contributed by atoms with Crippen LogP contribution in [0.5, 0.6) is 0 Å². The summed E-state index contributed by atoms with van der Waals surface area (Å²) in [5, 5.41) is 16.9. The third-order valence-electron chi connectivity index (χ3n) is 4.95. The molecule has 0 saturated heterocycles. The number of allylic oxidation sites excluding steroid dienone is 1. The average molecular weight is 397 g/mol. The molecule has 1 heterocycles. The number of hydrogen-bond acceptors (Lipinski definition) is 2. The summed E-state index contributed by atoms with van der Waals surface area (Å²) in [7, 11) is 0. The number of benzene rings is 3. The summed E-state index contributed by atoms with van der Waals surface area (Å²) in [6.45, 7) is -2.17. The Morgan fingerprint density at radius 3 is 2.53 bits per heavy atom. The van der Waals surface area contributed by atoms with Crippen LogP contribution in [-0.2, 0) is 4.79 Å². The van der Waals surface area contributed by atoms with Crippen LogP contribution in [0.3, 0.4) is 0 Å². The van der Waals surface area contributed by atoms with E-state index < -0.39 is 12.8 Å². The van der Waals surface area contributed by atoms with Gasteiger partial charge in [0.2, 0.25) is 0 Å². The van der Waals surface area contributed by atoms with Crippen LogP contribution in [0.4, 0.5) is 0 Å². The summed E-state index contributed by atoms with van der Waals surface area (Å²) in [4.78, 5) is 10.8. The van der Waals surface area contributed by atoms with E-state index in [2.05, 4.69) is 10.2 Å². The molecule has 0 fully saturated rings. The highest BCUT2D eigenvalue weighted by Crippen LogP contribution is 2.35. The van der Waals surface area contributed by atoms with E-state index in [1.54, 1.807) is 6.20 Å². The van der Waals surface area contributed by atoms with E-state index in [1.807, 2.05) is 72.8 Å². The Morgan fingerprint density at radius 2 is 1.80 bits per heavy atom. The molecule has 0 amide bonds. The summed E-state index contributed by atoms with van der Waals surface area (Å²) >= 11 is 0. The molecule has 0 radical (unpaired) electrons.